The minimum Gasteiger partial charge on any atom is -0.392 e. The molecule has 19 heavy (non-hydrogen) atoms. The van der Waals surface area contributed by atoms with E-state index in [1.165, 1.54) is 4.72 Å². The summed E-state index contributed by atoms with van der Waals surface area (Å²) in [5, 5.41) is 8.89. The van der Waals surface area contributed by atoms with Crippen molar-refractivity contribution in [1.29, 1.82) is 0 Å². The van der Waals surface area contributed by atoms with E-state index >= 15 is 0 Å². The zero-order valence-electron chi connectivity index (χ0n) is 9.74. The molecule has 5 nitrogen and oxygen atoms in total. The fourth-order valence-electron chi connectivity index (χ4n) is 1.24. The van der Waals surface area contributed by atoms with Crippen molar-refractivity contribution in [1.82, 2.24) is 9.44 Å². The van der Waals surface area contributed by atoms with Crippen molar-refractivity contribution in [2.45, 2.75) is 19.3 Å². The van der Waals surface area contributed by atoms with Crippen LogP contribution in [0.15, 0.2) is 24.3 Å². The highest BCUT2D eigenvalue weighted by Gasteiger charge is 2.29. The number of alkyl halides is 3. The molecule has 3 N–H and O–H groups in total. The Kier molecular flexibility index (Phi) is 5.29. The summed E-state index contributed by atoms with van der Waals surface area (Å²) in [6.45, 7) is -1.99. The first-order valence-electron chi connectivity index (χ1n) is 5.21. The Balaban J connectivity index is 2.55. The average Bonchev–Trinajstić information content (AvgIpc) is 2.34. The van der Waals surface area contributed by atoms with Crippen LogP contribution in [0.4, 0.5) is 13.2 Å². The summed E-state index contributed by atoms with van der Waals surface area (Å²) >= 11 is 0. The lowest BCUT2D eigenvalue weighted by atomic mass is 10.1. The van der Waals surface area contributed by atoms with Crippen LogP contribution in [0.3, 0.4) is 0 Å². The Morgan fingerprint density at radius 3 is 2.37 bits per heavy atom. The van der Waals surface area contributed by atoms with Crippen LogP contribution in [0.1, 0.15) is 11.1 Å². The largest absolute Gasteiger partial charge is 0.402 e. The number of aliphatic hydroxyl groups excluding tert-OH is 1. The summed E-state index contributed by atoms with van der Waals surface area (Å²) in [4.78, 5) is 0. The van der Waals surface area contributed by atoms with E-state index in [2.05, 4.69) is 0 Å². The molecule has 0 aromatic heterocycles. The highest BCUT2D eigenvalue weighted by Crippen LogP contribution is 2.12. The second kappa shape index (κ2) is 6.33. The third-order valence-corrected chi connectivity index (χ3v) is 3.15. The van der Waals surface area contributed by atoms with Crippen LogP contribution < -0.4 is 9.44 Å². The zero-order valence-corrected chi connectivity index (χ0v) is 10.6. The lowest BCUT2D eigenvalue weighted by Gasteiger charge is -2.10. The van der Waals surface area contributed by atoms with Gasteiger partial charge >= 0.3 is 6.18 Å². The van der Waals surface area contributed by atoms with Crippen LogP contribution in [-0.4, -0.2) is 26.2 Å². The second-order valence-electron chi connectivity index (χ2n) is 3.74. The summed E-state index contributed by atoms with van der Waals surface area (Å²) in [7, 11) is -4.22. The molecule has 1 aromatic carbocycles. The first kappa shape index (κ1) is 15.9. The van der Waals surface area contributed by atoms with E-state index in [0.29, 0.717) is 11.1 Å². The van der Waals surface area contributed by atoms with Gasteiger partial charge in [-0.2, -0.15) is 31.0 Å². The van der Waals surface area contributed by atoms with Gasteiger partial charge in [0, 0.05) is 6.54 Å². The molecule has 0 saturated carbocycles. The van der Waals surface area contributed by atoms with Crippen molar-refractivity contribution in [3.05, 3.63) is 35.4 Å². The standard InChI is InChI=1S/C10H13F3N2O3S/c11-10(12,13)7-15-19(17,18)14-5-8-2-1-3-9(4-8)6-16/h1-4,14-16H,5-7H2. The van der Waals surface area contributed by atoms with E-state index in [1.807, 2.05) is 4.72 Å². The van der Waals surface area contributed by atoms with Crippen molar-refractivity contribution in [2.24, 2.45) is 0 Å². The van der Waals surface area contributed by atoms with Crippen molar-refractivity contribution in [2.75, 3.05) is 6.54 Å². The maximum Gasteiger partial charge on any atom is 0.402 e. The van der Waals surface area contributed by atoms with Crippen LogP contribution in [0, 0.1) is 0 Å². The minimum atomic E-state index is -4.61. The predicted octanol–water partition coefficient (Wildman–Crippen LogP) is 0.665. The number of hydrogen-bond donors (Lipinski definition) is 3. The molecular formula is C10H13F3N2O3S. The predicted molar refractivity (Wildman–Crippen MR) is 62.2 cm³/mol. The molecule has 0 radical (unpaired) electrons. The molecule has 0 spiro atoms. The number of hydrogen-bond acceptors (Lipinski definition) is 3. The van der Waals surface area contributed by atoms with E-state index in [-0.39, 0.29) is 13.2 Å². The van der Waals surface area contributed by atoms with Gasteiger partial charge in [-0.25, -0.2) is 0 Å². The Hall–Kier alpha value is -1.16. The van der Waals surface area contributed by atoms with E-state index < -0.39 is 22.9 Å². The molecule has 0 heterocycles. The Bertz CT molecular complexity index is 517. The number of benzene rings is 1. The lowest BCUT2D eigenvalue weighted by molar-refractivity contribution is -0.121. The van der Waals surface area contributed by atoms with Gasteiger partial charge in [0.05, 0.1) is 6.61 Å². The lowest BCUT2D eigenvalue weighted by Crippen LogP contribution is -2.41. The average molecular weight is 298 g/mol. The van der Waals surface area contributed by atoms with Crippen molar-refractivity contribution in [3.8, 4) is 0 Å². The maximum absolute atomic E-state index is 11.9. The van der Waals surface area contributed by atoms with E-state index in [9.17, 15) is 21.6 Å². The molecule has 108 valence electrons. The molecule has 9 heteroatoms. The molecular weight excluding hydrogens is 285 g/mol. The molecule has 0 atom stereocenters. The molecule has 0 aliphatic carbocycles. The monoisotopic (exact) mass is 298 g/mol. The Morgan fingerprint density at radius 1 is 1.16 bits per heavy atom. The normalized spacial score (nSPS) is 12.6. The van der Waals surface area contributed by atoms with Crippen molar-refractivity contribution >= 4 is 10.2 Å². The van der Waals surface area contributed by atoms with Gasteiger partial charge in [-0.05, 0) is 11.1 Å². The van der Waals surface area contributed by atoms with Gasteiger partial charge in [-0.3, -0.25) is 0 Å². The third kappa shape index (κ3) is 6.53. The van der Waals surface area contributed by atoms with E-state index in [4.69, 9.17) is 5.11 Å². The second-order valence-corrected chi connectivity index (χ2v) is 5.32. The van der Waals surface area contributed by atoms with Gasteiger partial charge in [0.2, 0.25) is 0 Å². The Morgan fingerprint density at radius 2 is 1.79 bits per heavy atom. The first-order chi connectivity index (χ1) is 8.72. The zero-order chi connectivity index (χ0) is 14.5. The quantitative estimate of drug-likeness (QED) is 0.722. The van der Waals surface area contributed by atoms with Crippen molar-refractivity contribution < 1.29 is 26.7 Å². The molecule has 0 fully saturated rings. The first-order valence-corrected chi connectivity index (χ1v) is 6.70. The van der Waals surface area contributed by atoms with Crippen LogP contribution in [0.5, 0.6) is 0 Å². The molecule has 0 amide bonds. The Labute approximate surface area is 108 Å². The summed E-state index contributed by atoms with van der Waals surface area (Å²) in [6, 6.07) is 6.38. The SMILES string of the molecule is O=S(=O)(NCc1cccc(CO)c1)NCC(F)(F)F. The summed E-state index contributed by atoms with van der Waals surface area (Å²) in [5.74, 6) is 0. The van der Waals surface area contributed by atoms with Crippen molar-refractivity contribution in [3.63, 3.8) is 0 Å². The summed E-state index contributed by atoms with van der Waals surface area (Å²) < 4.78 is 61.4. The highest BCUT2D eigenvalue weighted by molar-refractivity contribution is 7.87. The molecule has 0 unspecified atom stereocenters. The van der Waals surface area contributed by atoms with Gasteiger partial charge in [0.15, 0.2) is 0 Å². The fraction of sp³-hybridized carbons (Fsp3) is 0.400. The molecule has 0 saturated heterocycles. The van der Waals surface area contributed by atoms with E-state index in [1.54, 1.807) is 24.3 Å². The molecule has 1 rings (SSSR count). The molecule has 0 aliphatic rings. The minimum absolute atomic E-state index is 0.166. The number of aliphatic hydroxyl groups is 1. The number of nitrogens with one attached hydrogen (secondary N) is 2. The summed E-state index contributed by atoms with van der Waals surface area (Å²) in [5.41, 5.74) is 1.11. The topological polar surface area (TPSA) is 78.4 Å². The van der Waals surface area contributed by atoms with Gasteiger partial charge in [-0.1, -0.05) is 24.3 Å². The van der Waals surface area contributed by atoms with Gasteiger partial charge in [0.25, 0.3) is 10.2 Å². The van der Waals surface area contributed by atoms with E-state index in [0.717, 1.165) is 0 Å². The maximum atomic E-state index is 11.9. The number of halogens is 3. The van der Waals surface area contributed by atoms with Crippen LogP contribution >= 0.6 is 0 Å². The smallest absolute Gasteiger partial charge is 0.392 e. The molecule has 1 aromatic rings. The van der Waals surface area contributed by atoms with Crippen LogP contribution in [0.2, 0.25) is 0 Å². The molecule has 0 aliphatic heterocycles. The van der Waals surface area contributed by atoms with Crippen LogP contribution in [-0.2, 0) is 23.4 Å². The fourth-order valence-corrected chi connectivity index (χ4v) is 2.06. The highest BCUT2D eigenvalue weighted by atomic mass is 32.2. The van der Waals surface area contributed by atoms with Crippen LogP contribution in [0.25, 0.3) is 0 Å². The number of rotatable bonds is 6. The van der Waals surface area contributed by atoms with Gasteiger partial charge in [-0.15, -0.1) is 0 Å². The molecule has 0 bridgehead atoms. The summed E-state index contributed by atoms with van der Waals surface area (Å²) in [6.07, 6.45) is -4.61. The van der Waals surface area contributed by atoms with Gasteiger partial charge in [0.1, 0.15) is 6.54 Å². The van der Waals surface area contributed by atoms with Gasteiger partial charge < -0.3 is 5.11 Å². The third-order valence-electron chi connectivity index (χ3n) is 2.10.